The maximum absolute atomic E-state index is 5.64. The van der Waals surface area contributed by atoms with Crippen LogP contribution in [0.3, 0.4) is 0 Å². The van der Waals surface area contributed by atoms with Crippen LogP contribution in [-0.4, -0.2) is 32.7 Å². The van der Waals surface area contributed by atoms with Crippen LogP contribution in [0.25, 0.3) is 0 Å². The van der Waals surface area contributed by atoms with E-state index in [1.807, 2.05) is 37.3 Å². The van der Waals surface area contributed by atoms with Gasteiger partial charge in [-0.1, -0.05) is 18.2 Å². The molecule has 0 aliphatic heterocycles. The van der Waals surface area contributed by atoms with Gasteiger partial charge in [-0.2, -0.15) is 0 Å². The molecule has 0 spiro atoms. The third kappa shape index (κ3) is 5.70. The Morgan fingerprint density at radius 2 is 1.87 bits per heavy atom. The minimum atomic E-state index is 0.681. The lowest BCUT2D eigenvalue weighted by atomic mass is 10.1. The molecule has 2 rings (SSSR count). The largest absolute Gasteiger partial charge is 0.494 e. The lowest BCUT2D eigenvalue weighted by Crippen LogP contribution is -2.39. The molecule has 0 amide bonds. The number of hydrogen-bond donors (Lipinski definition) is 2. The molecule has 1 aromatic heterocycles. The first-order valence-corrected chi connectivity index (χ1v) is 8.01. The average molecular weight is 315 g/mol. The Balaban J connectivity index is 1.73. The van der Waals surface area contributed by atoms with Crippen LogP contribution < -0.4 is 15.4 Å². The molecule has 0 bridgehead atoms. The van der Waals surface area contributed by atoms with Crippen molar-refractivity contribution >= 4 is 5.96 Å². The maximum Gasteiger partial charge on any atom is 0.191 e. The molecule has 0 aliphatic carbocycles. The predicted molar refractivity (Wildman–Crippen MR) is 93.1 cm³/mol. The Morgan fingerprint density at radius 3 is 2.57 bits per heavy atom. The summed E-state index contributed by atoms with van der Waals surface area (Å²) in [6, 6.07) is 12.0. The van der Waals surface area contributed by atoms with E-state index in [0.717, 1.165) is 43.4 Å². The number of nitrogens with zero attached hydrogens (tertiary/aromatic N) is 1. The van der Waals surface area contributed by atoms with Crippen LogP contribution in [-0.2, 0) is 12.8 Å². The van der Waals surface area contributed by atoms with Gasteiger partial charge in [0.25, 0.3) is 0 Å². The highest BCUT2D eigenvalue weighted by atomic mass is 16.5. The number of guanidine groups is 1. The number of hydrogen-bond acceptors (Lipinski definition) is 3. The molecule has 0 atom stereocenters. The van der Waals surface area contributed by atoms with Crippen molar-refractivity contribution in [1.29, 1.82) is 0 Å². The number of rotatable bonds is 8. The smallest absolute Gasteiger partial charge is 0.191 e. The van der Waals surface area contributed by atoms with Crippen molar-refractivity contribution in [3.8, 4) is 5.75 Å². The summed E-state index contributed by atoms with van der Waals surface area (Å²) in [5.74, 6) is 2.72. The minimum absolute atomic E-state index is 0.681. The Kier molecular flexibility index (Phi) is 7.04. The zero-order valence-corrected chi connectivity index (χ0v) is 13.8. The molecule has 1 heterocycles. The fraction of sp³-hybridized carbons (Fsp3) is 0.389. The molecule has 0 fully saturated rings. The summed E-state index contributed by atoms with van der Waals surface area (Å²) in [5.41, 5.74) is 1.20. The normalized spacial score (nSPS) is 11.3. The first-order valence-electron chi connectivity index (χ1n) is 8.01. The lowest BCUT2D eigenvalue weighted by Gasteiger charge is -2.13. The van der Waals surface area contributed by atoms with Crippen LogP contribution in [0.1, 0.15) is 18.2 Å². The summed E-state index contributed by atoms with van der Waals surface area (Å²) < 4.78 is 11.0. The molecule has 2 aromatic rings. The van der Waals surface area contributed by atoms with Gasteiger partial charge in [0.1, 0.15) is 11.5 Å². The van der Waals surface area contributed by atoms with E-state index in [-0.39, 0.29) is 0 Å². The van der Waals surface area contributed by atoms with E-state index in [9.17, 15) is 0 Å². The van der Waals surface area contributed by atoms with E-state index in [1.165, 1.54) is 5.56 Å². The summed E-state index contributed by atoms with van der Waals surface area (Å²) in [6.45, 7) is 4.26. The number of para-hydroxylation sites is 1. The van der Waals surface area contributed by atoms with Crippen molar-refractivity contribution in [2.24, 2.45) is 4.99 Å². The van der Waals surface area contributed by atoms with Crippen molar-refractivity contribution in [3.63, 3.8) is 0 Å². The van der Waals surface area contributed by atoms with Crippen LogP contribution in [0.15, 0.2) is 52.1 Å². The number of furan rings is 1. The van der Waals surface area contributed by atoms with Crippen molar-refractivity contribution in [2.45, 2.75) is 19.8 Å². The molecule has 23 heavy (non-hydrogen) atoms. The molecule has 0 aliphatic rings. The van der Waals surface area contributed by atoms with Crippen LogP contribution in [0.2, 0.25) is 0 Å². The molecule has 1 aromatic carbocycles. The Bertz CT molecular complexity index is 594. The van der Waals surface area contributed by atoms with Crippen molar-refractivity contribution in [1.82, 2.24) is 10.6 Å². The SMILES string of the molecule is CCOc1ccccc1CCNC(=NC)NCCc1ccco1. The molecule has 124 valence electrons. The Morgan fingerprint density at radius 1 is 1.09 bits per heavy atom. The minimum Gasteiger partial charge on any atom is -0.494 e. The van der Waals surface area contributed by atoms with Gasteiger partial charge in [-0.25, -0.2) is 0 Å². The van der Waals surface area contributed by atoms with Crippen molar-refractivity contribution in [3.05, 3.63) is 54.0 Å². The van der Waals surface area contributed by atoms with Crippen molar-refractivity contribution in [2.75, 3.05) is 26.7 Å². The highest BCUT2D eigenvalue weighted by Gasteiger charge is 2.03. The Hall–Kier alpha value is -2.43. The van der Waals surface area contributed by atoms with Gasteiger partial charge in [0.15, 0.2) is 5.96 Å². The third-order valence-corrected chi connectivity index (χ3v) is 3.43. The first kappa shape index (κ1) is 16.9. The van der Waals surface area contributed by atoms with Gasteiger partial charge >= 0.3 is 0 Å². The van der Waals surface area contributed by atoms with Gasteiger partial charge in [-0.3, -0.25) is 4.99 Å². The molecule has 0 saturated heterocycles. The topological polar surface area (TPSA) is 58.8 Å². The van der Waals surface area contributed by atoms with Gasteiger partial charge in [0, 0.05) is 26.6 Å². The summed E-state index contributed by atoms with van der Waals surface area (Å²) in [4.78, 5) is 4.23. The highest BCUT2D eigenvalue weighted by molar-refractivity contribution is 5.79. The first-order chi connectivity index (χ1) is 11.3. The van der Waals surface area contributed by atoms with Crippen molar-refractivity contribution < 1.29 is 9.15 Å². The maximum atomic E-state index is 5.64. The molecule has 2 N–H and O–H groups in total. The molecule has 0 saturated carbocycles. The third-order valence-electron chi connectivity index (χ3n) is 3.43. The molecular formula is C18H25N3O2. The van der Waals surface area contributed by atoms with Gasteiger partial charge in [-0.05, 0) is 37.1 Å². The number of nitrogens with one attached hydrogen (secondary N) is 2. The standard InChI is InChI=1S/C18H25N3O2/c1-3-22-17-9-5-4-7-15(17)10-12-20-18(19-2)21-13-11-16-8-6-14-23-16/h4-9,14H,3,10-13H2,1-2H3,(H2,19,20,21). The van der Waals surface area contributed by atoms with Gasteiger partial charge in [-0.15, -0.1) is 0 Å². The second-order valence-corrected chi connectivity index (χ2v) is 5.05. The van der Waals surface area contributed by atoms with Crippen LogP contribution in [0.4, 0.5) is 0 Å². The monoisotopic (exact) mass is 315 g/mol. The predicted octanol–water partition coefficient (Wildman–Crippen LogP) is 2.63. The zero-order chi connectivity index (χ0) is 16.3. The lowest BCUT2D eigenvalue weighted by molar-refractivity contribution is 0.336. The second-order valence-electron chi connectivity index (χ2n) is 5.05. The summed E-state index contributed by atoms with van der Waals surface area (Å²) in [7, 11) is 1.77. The number of benzene rings is 1. The molecule has 5 heteroatoms. The van der Waals surface area contributed by atoms with Gasteiger partial charge in [0.05, 0.1) is 12.9 Å². The van der Waals surface area contributed by atoms with Crippen LogP contribution >= 0.6 is 0 Å². The molecule has 0 unspecified atom stereocenters. The summed E-state index contributed by atoms with van der Waals surface area (Å²) in [5, 5.41) is 6.60. The summed E-state index contributed by atoms with van der Waals surface area (Å²) >= 11 is 0. The average Bonchev–Trinajstić information content (AvgIpc) is 3.08. The second kappa shape index (κ2) is 9.56. The highest BCUT2D eigenvalue weighted by Crippen LogP contribution is 2.17. The molecular weight excluding hydrogens is 290 g/mol. The quantitative estimate of drug-likeness (QED) is 0.581. The van der Waals surface area contributed by atoms with E-state index in [0.29, 0.717) is 6.61 Å². The number of ether oxygens (including phenoxy) is 1. The van der Waals surface area contributed by atoms with E-state index < -0.39 is 0 Å². The van der Waals surface area contributed by atoms with E-state index >= 15 is 0 Å². The van der Waals surface area contributed by atoms with E-state index in [2.05, 4.69) is 21.7 Å². The zero-order valence-electron chi connectivity index (χ0n) is 13.8. The molecule has 0 radical (unpaired) electrons. The van der Waals surface area contributed by atoms with Crippen LogP contribution in [0.5, 0.6) is 5.75 Å². The van der Waals surface area contributed by atoms with E-state index in [4.69, 9.17) is 9.15 Å². The molecule has 5 nitrogen and oxygen atoms in total. The van der Waals surface area contributed by atoms with Crippen LogP contribution in [0, 0.1) is 0 Å². The fourth-order valence-electron chi connectivity index (χ4n) is 2.30. The van der Waals surface area contributed by atoms with Gasteiger partial charge in [0.2, 0.25) is 0 Å². The van der Waals surface area contributed by atoms with E-state index in [1.54, 1.807) is 13.3 Å². The number of aliphatic imine (C=N–C) groups is 1. The Labute approximate surface area is 137 Å². The van der Waals surface area contributed by atoms with Gasteiger partial charge < -0.3 is 19.8 Å². The fourth-order valence-corrected chi connectivity index (χ4v) is 2.30. The summed E-state index contributed by atoms with van der Waals surface area (Å²) in [6.07, 6.45) is 3.41.